The van der Waals surface area contributed by atoms with Gasteiger partial charge in [0.15, 0.2) is 0 Å². The number of fused-ring (bicyclic) bond motifs is 1. The molecule has 0 radical (unpaired) electrons. The van der Waals surface area contributed by atoms with Crippen molar-refractivity contribution in [2.45, 2.75) is 25.9 Å². The Labute approximate surface area is 128 Å². The van der Waals surface area contributed by atoms with Gasteiger partial charge in [-0.3, -0.25) is 0 Å². The molecule has 4 heteroatoms. The standard InChI is InChI=1S/C17H16ClNO2/c1-11-8-12-4-2-3-5-16(12)19(11)10-14-7-6-13(17(20)21)9-15(14)18/h2-7,9,11H,8,10H2,1H3,(H,20,21). The summed E-state index contributed by atoms with van der Waals surface area (Å²) in [6, 6.07) is 13.7. The van der Waals surface area contributed by atoms with E-state index in [4.69, 9.17) is 16.7 Å². The highest BCUT2D eigenvalue weighted by Gasteiger charge is 2.25. The van der Waals surface area contributed by atoms with Crippen LogP contribution >= 0.6 is 11.6 Å². The number of rotatable bonds is 3. The first-order chi connectivity index (χ1) is 10.1. The van der Waals surface area contributed by atoms with Crippen LogP contribution in [0.15, 0.2) is 42.5 Å². The van der Waals surface area contributed by atoms with Gasteiger partial charge in [0.2, 0.25) is 0 Å². The van der Waals surface area contributed by atoms with E-state index < -0.39 is 5.97 Å². The van der Waals surface area contributed by atoms with E-state index in [2.05, 4.69) is 30.0 Å². The molecule has 1 heterocycles. The Bertz CT molecular complexity index is 699. The van der Waals surface area contributed by atoms with Crippen LogP contribution in [0.5, 0.6) is 0 Å². The number of anilines is 1. The lowest BCUT2D eigenvalue weighted by Crippen LogP contribution is -2.28. The second-order valence-corrected chi connectivity index (χ2v) is 5.83. The maximum absolute atomic E-state index is 11.0. The van der Waals surface area contributed by atoms with Gasteiger partial charge in [-0.2, -0.15) is 0 Å². The largest absolute Gasteiger partial charge is 0.478 e. The lowest BCUT2D eigenvalue weighted by molar-refractivity contribution is 0.0697. The molecule has 0 amide bonds. The molecule has 0 aromatic heterocycles. The second-order valence-electron chi connectivity index (χ2n) is 5.42. The highest BCUT2D eigenvalue weighted by Crippen LogP contribution is 2.34. The average Bonchev–Trinajstić information content (AvgIpc) is 2.77. The first kappa shape index (κ1) is 14.0. The Kier molecular flexibility index (Phi) is 3.60. The minimum absolute atomic E-state index is 0.221. The van der Waals surface area contributed by atoms with Gasteiger partial charge in [-0.1, -0.05) is 35.9 Å². The lowest BCUT2D eigenvalue weighted by atomic mass is 10.1. The maximum atomic E-state index is 11.0. The fourth-order valence-corrected chi connectivity index (χ4v) is 3.10. The Balaban J connectivity index is 1.89. The molecule has 3 rings (SSSR count). The van der Waals surface area contributed by atoms with Gasteiger partial charge in [-0.05, 0) is 42.7 Å². The number of carboxylic acids is 1. The second kappa shape index (κ2) is 5.41. The lowest BCUT2D eigenvalue weighted by Gasteiger charge is -2.25. The van der Waals surface area contributed by atoms with E-state index in [9.17, 15) is 4.79 Å². The fraction of sp³-hybridized carbons (Fsp3) is 0.235. The molecule has 0 spiro atoms. The molecular weight excluding hydrogens is 286 g/mol. The number of hydrogen-bond acceptors (Lipinski definition) is 2. The quantitative estimate of drug-likeness (QED) is 0.932. The number of halogens is 1. The molecule has 0 saturated carbocycles. The van der Waals surface area contributed by atoms with Gasteiger partial charge in [0, 0.05) is 23.3 Å². The maximum Gasteiger partial charge on any atom is 0.335 e. The summed E-state index contributed by atoms with van der Waals surface area (Å²) in [5.41, 5.74) is 3.76. The van der Waals surface area contributed by atoms with Crippen molar-refractivity contribution in [3.8, 4) is 0 Å². The third-order valence-corrected chi connectivity index (χ3v) is 4.34. The molecule has 1 unspecified atom stereocenters. The van der Waals surface area contributed by atoms with Crippen LogP contribution in [0.25, 0.3) is 0 Å². The molecule has 0 fully saturated rings. The van der Waals surface area contributed by atoms with Gasteiger partial charge < -0.3 is 10.0 Å². The fourth-order valence-electron chi connectivity index (χ4n) is 2.86. The van der Waals surface area contributed by atoms with E-state index >= 15 is 0 Å². The molecular formula is C17H16ClNO2. The van der Waals surface area contributed by atoms with Crippen LogP contribution in [0.3, 0.4) is 0 Å². The summed E-state index contributed by atoms with van der Waals surface area (Å²) in [6.45, 7) is 2.89. The predicted octanol–water partition coefficient (Wildman–Crippen LogP) is 3.99. The molecule has 1 N–H and O–H groups in total. The Morgan fingerprint density at radius 1 is 1.33 bits per heavy atom. The minimum atomic E-state index is -0.955. The third-order valence-electron chi connectivity index (χ3n) is 3.99. The summed E-state index contributed by atoms with van der Waals surface area (Å²) in [6.07, 6.45) is 1.03. The van der Waals surface area contributed by atoms with Gasteiger partial charge in [-0.25, -0.2) is 4.79 Å². The van der Waals surface area contributed by atoms with Crippen molar-refractivity contribution >= 4 is 23.3 Å². The topological polar surface area (TPSA) is 40.5 Å². The molecule has 1 aliphatic heterocycles. The molecule has 1 atom stereocenters. The number of hydrogen-bond donors (Lipinski definition) is 1. The summed E-state index contributed by atoms with van der Waals surface area (Å²) in [5, 5.41) is 9.49. The van der Waals surface area contributed by atoms with E-state index in [1.165, 1.54) is 17.3 Å². The molecule has 0 aliphatic carbocycles. The van der Waals surface area contributed by atoms with Gasteiger partial charge in [0.05, 0.1) is 5.56 Å². The van der Waals surface area contributed by atoms with Crippen molar-refractivity contribution in [2.24, 2.45) is 0 Å². The van der Waals surface area contributed by atoms with Crippen molar-refractivity contribution in [2.75, 3.05) is 4.90 Å². The van der Waals surface area contributed by atoms with Crippen molar-refractivity contribution < 1.29 is 9.90 Å². The van der Waals surface area contributed by atoms with Crippen LogP contribution < -0.4 is 4.90 Å². The minimum Gasteiger partial charge on any atom is -0.478 e. The number of nitrogens with zero attached hydrogens (tertiary/aromatic N) is 1. The Morgan fingerprint density at radius 3 is 2.81 bits per heavy atom. The average molecular weight is 302 g/mol. The smallest absolute Gasteiger partial charge is 0.335 e. The van der Waals surface area contributed by atoms with E-state index in [-0.39, 0.29) is 5.56 Å². The molecule has 3 nitrogen and oxygen atoms in total. The van der Waals surface area contributed by atoms with Gasteiger partial charge in [0.25, 0.3) is 0 Å². The normalized spacial score (nSPS) is 16.9. The number of carboxylic acid groups (broad SMARTS) is 1. The monoisotopic (exact) mass is 301 g/mol. The van der Waals surface area contributed by atoms with Gasteiger partial charge >= 0.3 is 5.97 Å². The van der Waals surface area contributed by atoms with Crippen LogP contribution in [-0.4, -0.2) is 17.1 Å². The summed E-state index contributed by atoms with van der Waals surface area (Å²) in [7, 11) is 0. The van der Waals surface area contributed by atoms with Crippen LogP contribution in [0.4, 0.5) is 5.69 Å². The Morgan fingerprint density at radius 2 is 2.10 bits per heavy atom. The molecule has 0 bridgehead atoms. The molecule has 21 heavy (non-hydrogen) atoms. The number of benzene rings is 2. The first-order valence-corrected chi connectivity index (χ1v) is 7.30. The summed E-state index contributed by atoms with van der Waals surface area (Å²) >= 11 is 6.24. The molecule has 2 aromatic carbocycles. The zero-order valence-electron chi connectivity index (χ0n) is 11.7. The molecule has 1 aliphatic rings. The van der Waals surface area contributed by atoms with Crippen molar-refractivity contribution in [3.05, 3.63) is 64.2 Å². The van der Waals surface area contributed by atoms with E-state index in [0.29, 0.717) is 17.6 Å². The van der Waals surface area contributed by atoms with Gasteiger partial charge in [-0.15, -0.1) is 0 Å². The zero-order valence-corrected chi connectivity index (χ0v) is 12.5. The number of para-hydroxylation sites is 1. The highest BCUT2D eigenvalue weighted by atomic mass is 35.5. The van der Waals surface area contributed by atoms with Crippen molar-refractivity contribution in [3.63, 3.8) is 0 Å². The molecule has 108 valence electrons. The SMILES string of the molecule is CC1Cc2ccccc2N1Cc1ccc(C(=O)O)cc1Cl. The molecule has 2 aromatic rings. The van der Waals surface area contributed by atoms with E-state index in [0.717, 1.165) is 12.0 Å². The van der Waals surface area contributed by atoms with E-state index in [1.54, 1.807) is 12.1 Å². The van der Waals surface area contributed by atoms with Crippen LogP contribution in [0.1, 0.15) is 28.4 Å². The van der Waals surface area contributed by atoms with Crippen LogP contribution in [-0.2, 0) is 13.0 Å². The zero-order chi connectivity index (χ0) is 15.0. The van der Waals surface area contributed by atoms with Crippen LogP contribution in [0.2, 0.25) is 5.02 Å². The molecule has 0 saturated heterocycles. The van der Waals surface area contributed by atoms with Gasteiger partial charge in [0.1, 0.15) is 0 Å². The van der Waals surface area contributed by atoms with Crippen LogP contribution in [0, 0.1) is 0 Å². The summed E-state index contributed by atoms with van der Waals surface area (Å²) in [4.78, 5) is 13.3. The number of carbonyl (C=O) groups is 1. The first-order valence-electron chi connectivity index (χ1n) is 6.92. The third kappa shape index (κ3) is 2.61. The predicted molar refractivity (Wildman–Crippen MR) is 84.2 cm³/mol. The number of aromatic carboxylic acids is 1. The Hall–Kier alpha value is -2.00. The summed E-state index contributed by atoms with van der Waals surface area (Å²) < 4.78 is 0. The highest BCUT2D eigenvalue weighted by molar-refractivity contribution is 6.31. The van der Waals surface area contributed by atoms with Crippen molar-refractivity contribution in [1.82, 2.24) is 0 Å². The van der Waals surface area contributed by atoms with E-state index in [1.807, 2.05) is 6.07 Å². The summed E-state index contributed by atoms with van der Waals surface area (Å²) in [5.74, 6) is -0.955. The van der Waals surface area contributed by atoms with Crippen molar-refractivity contribution in [1.29, 1.82) is 0 Å².